The van der Waals surface area contributed by atoms with Crippen LogP contribution in [0.3, 0.4) is 0 Å². The Balaban J connectivity index is 1.93. The van der Waals surface area contributed by atoms with Crippen molar-refractivity contribution < 1.29 is 4.79 Å². The molecular weight excluding hydrogens is 322 g/mol. The number of aryl methyl sites for hydroxylation is 1. The lowest BCUT2D eigenvalue weighted by Gasteiger charge is -2.33. The summed E-state index contributed by atoms with van der Waals surface area (Å²) in [5.41, 5.74) is 4.71. The van der Waals surface area contributed by atoms with Crippen LogP contribution in [0.2, 0.25) is 0 Å². The van der Waals surface area contributed by atoms with Crippen LogP contribution in [0.1, 0.15) is 31.4 Å². The molecule has 0 radical (unpaired) electrons. The Kier molecular flexibility index (Phi) is 6.84. The number of hydrogen-bond acceptors (Lipinski definition) is 3. The van der Waals surface area contributed by atoms with Crippen LogP contribution in [0, 0.1) is 6.92 Å². The van der Waals surface area contributed by atoms with E-state index in [9.17, 15) is 4.79 Å². The number of rotatable bonds is 7. The summed E-state index contributed by atoms with van der Waals surface area (Å²) in [5, 5.41) is 2.97. The third-order valence-corrected chi connectivity index (χ3v) is 4.54. The van der Waals surface area contributed by atoms with E-state index in [1.807, 2.05) is 47.3 Å². The highest BCUT2D eigenvalue weighted by Gasteiger charge is 2.17. The molecule has 138 valence electrons. The minimum atomic E-state index is -0.0245. The lowest BCUT2D eigenvalue weighted by molar-refractivity contribution is -0.121. The highest BCUT2D eigenvalue weighted by molar-refractivity contribution is 5.78. The molecule has 0 fully saturated rings. The van der Waals surface area contributed by atoms with Crippen molar-refractivity contribution in [3.63, 3.8) is 0 Å². The van der Waals surface area contributed by atoms with E-state index in [-0.39, 0.29) is 12.5 Å². The molecule has 0 atom stereocenters. The van der Waals surface area contributed by atoms with E-state index >= 15 is 0 Å². The van der Waals surface area contributed by atoms with Gasteiger partial charge in [-0.1, -0.05) is 49.4 Å². The van der Waals surface area contributed by atoms with Gasteiger partial charge in [-0.15, -0.1) is 0 Å². The summed E-state index contributed by atoms with van der Waals surface area (Å²) in [6, 6.07) is 8.17. The number of hydrogen-bond donors (Lipinski definition) is 1. The number of amides is 1. The summed E-state index contributed by atoms with van der Waals surface area (Å²) in [6.45, 7) is 11.3. The predicted molar refractivity (Wildman–Crippen MR) is 108 cm³/mol. The Morgan fingerprint density at radius 1 is 1.23 bits per heavy atom. The Morgan fingerprint density at radius 3 is 2.58 bits per heavy atom. The maximum absolute atomic E-state index is 12.3. The topological polar surface area (TPSA) is 35.6 Å². The number of allylic oxidation sites excluding steroid dienone is 4. The fraction of sp³-hybridized carbons (Fsp3) is 0.318. The molecule has 1 N–H and O–H groups in total. The second-order valence-electron chi connectivity index (χ2n) is 6.62. The molecule has 0 saturated carbocycles. The Morgan fingerprint density at radius 2 is 1.92 bits per heavy atom. The summed E-state index contributed by atoms with van der Waals surface area (Å²) in [6.07, 6.45) is 9.03. The lowest BCUT2D eigenvalue weighted by Crippen LogP contribution is -2.38. The predicted octanol–water partition coefficient (Wildman–Crippen LogP) is 4.08. The number of nitrogens with one attached hydrogen (secondary N) is 1. The van der Waals surface area contributed by atoms with Crippen LogP contribution < -0.4 is 5.32 Å². The van der Waals surface area contributed by atoms with Gasteiger partial charge in [-0.05, 0) is 43.6 Å². The zero-order valence-corrected chi connectivity index (χ0v) is 16.2. The Labute approximate surface area is 157 Å². The van der Waals surface area contributed by atoms with Gasteiger partial charge in [0.05, 0.1) is 6.54 Å². The molecule has 1 aromatic rings. The molecule has 26 heavy (non-hydrogen) atoms. The molecule has 0 aromatic heterocycles. The average Bonchev–Trinajstić information content (AvgIpc) is 2.66. The van der Waals surface area contributed by atoms with Gasteiger partial charge in [-0.3, -0.25) is 4.79 Å². The molecule has 4 heteroatoms. The smallest absolute Gasteiger partial charge is 0.239 e. The first-order valence-electron chi connectivity index (χ1n) is 8.98. The molecule has 0 spiro atoms. The van der Waals surface area contributed by atoms with Crippen LogP contribution in [0.15, 0.2) is 72.4 Å². The summed E-state index contributed by atoms with van der Waals surface area (Å²) < 4.78 is 0. The molecule has 0 unspecified atom stereocenters. The van der Waals surface area contributed by atoms with Crippen LogP contribution in [0.5, 0.6) is 0 Å². The zero-order chi connectivity index (χ0) is 19.1. The minimum absolute atomic E-state index is 0.0245. The van der Waals surface area contributed by atoms with Crippen LogP contribution in [0.4, 0.5) is 0 Å². The SMILES string of the molecule is C=C(N(C)CC(=O)NCc1ccc(C)cc1)N1C=CC=CC1=C(C)CC. The van der Waals surface area contributed by atoms with Crippen molar-refractivity contribution in [2.24, 2.45) is 0 Å². The van der Waals surface area contributed by atoms with E-state index in [2.05, 4.69) is 50.9 Å². The van der Waals surface area contributed by atoms with Crippen molar-refractivity contribution in [3.05, 3.63) is 83.5 Å². The zero-order valence-electron chi connectivity index (χ0n) is 16.2. The highest BCUT2D eigenvalue weighted by Crippen LogP contribution is 2.23. The summed E-state index contributed by atoms with van der Waals surface area (Å²) in [5.74, 6) is 0.752. The molecule has 2 rings (SSSR count). The number of nitrogens with zero attached hydrogens (tertiary/aromatic N) is 2. The van der Waals surface area contributed by atoms with Crippen LogP contribution in [-0.2, 0) is 11.3 Å². The monoisotopic (exact) mass is 351 g/mol. The molecule has 1 aliphatic heterocycles. The first-order valence-corrected chi connectivity index (χ1v) is 8.98. The van der Waals surface area contributed by atoms with E-state index in [4.69, 9.17) is 0 Å². The first kappa shape index (κ1) is 19.6. The van der Waals surface area contributed by atoms with Gasteiger partial charge >= 0.3 is 0 Å². The quantitative estimate of drug-likeness (QED) is 0.804. The van der Waals surface area contributed by atoms with Gasteiger partial charge in [-0.25, -0.2) is 0 Å². The van der Waals surface area contributed by atoms with Gasteiger partial charge < -0.3 is 15.1 Å². The van der Waals surface area contributed by atoms with Gasteiger partial charge in [0.25, 0.3) is 0 Å². The van der Waals surface area contributed by atoms with E-state index in [0.717, 1.165) is 23.5 Å². The van der Waals surface area contributed by atoms with E-state index in [1.54, 1.807) is 0 Å². The molecule has 0 bridgehead atoms. The van der Waals surface area contributed by atoms with Crippen LogP contribution >= 0.6 is 0 Å². The summed E-state index contributed by atoms with van der Waals surface area (Å²) in [7, 11) is 1.89. The standard InChI is InChI=1S/C22H29N3O/c1-6-18(3)21-9-7-8-14-25(21)19(4)24(5)16-22(26)23-15-20-12-10-17(2)11-13-20/h7-14H,4,6,15-16H2,1-3,5H3,(H,23,26). The molecular formula is C22H29N3O. The summed E-state index contributed by atoms with van der Waals surface area (Å²) in [4.78, 5) is 16.2. The Hall–Kier alpha value is -2.75. The van der Waals surface area contributed by atoms with E-state index < -0.39 is 0 Å². The number of benzene rings is 1. The van der Waals surface area contributed by atoms with Gasteiger partial charge in [-0.2, -0.15) is 0 Å². The molecule has 1 aromatic carbocycles. The molecule has 1 heterocycles. The second kappa shape index (κ2) is 9.09. The third-order valence-electron chi connectivity index (χ3n) is 4.54. The molecule has 4 nitrogen and oxygen atoms in total. The van der Waals surface area contributed by atoms with Crippen molar-refractivity contribution in [3.8, 4) is 0 Å². The fourth-order valence-corrected chi connectivity index (χ4v) is 2.65. The van der Waals surface area contributed by atoms with Crippen molar-refractivity contribution in [1.82, 2.24) is 15.1 Å². The summed E-state index contributed by atoms with van der Waals surface area (Å²) >= 11 is 0. The molecule has 0 saturated heterocycles. The lowest BCUT2D eigenvalue weighted by atomic mass is 10.1. The van der Waals surface area contributed by atoms with Crippen molar-refractivity contribution in [2.75, 3.05) is 13.6 Å². The number of likely N-dealkylation sites (N-methyl/N-ethyl adjacent to an activating group) is 1. The van der Waals surface area contributed by atoms with Crippen molar-refractivity contribution in [2.45, 2.75) is 33.7 Å². The van der Waals surface area contributed by atoms with Crippen LogP contribution in [-0.4, -0.2) is 29.3 Å². The minimum Gasteiger partial charge on any atom is -0.352 e. The average molecular weight is 351 g/mol. The van der Waals surface area contributed by atoms with E-state index in [0.29, 0.717) is 6.54 Å². The van der Waals surface area contributed by atoms with Gasteiger partial charge in [0.15, 0.2) is 0 Å². The maximum Gasteiger partial charge on any atom is 0.239 e. The van der Waals surface area contributed by atoms with E-state index in [1.165, 1.54) is 11.1 Å². The van der Waals surface area contributed by atoms with Crippen molar-refractivity contribution >= 4 is 5.91 Å². The highest BCUT2D eigenvalue weighted by atomic mass is 16.2. The van der Waals surface area contributed by atoms with Crippen LogP contribution in [0.25, 0.3) is 0 Å². The maximum atomic E-state index is 12.3. The number of carbonyl (C=O) groups is 1. The van der Waals surface area contributed by atoms with Crippen molar-refractivity contribution in [1.29, 1.82) is 0 Å². The second-order valence-corrected chi connectivity index (χ2v) is 6.62. The normalized spacial score (nSPS) is 15.0. The van der Waals surface area contributed by atoms with Gasteiger partial charge in [0.1, 0.15) is 5.82 Å². The number of carbonyl (C=O) groups excluding carboxylic acids is 1. The fourth-order valence-electron chi connectivity index (χ4n) is 2.65. The third kappa shape index (κ3) is 5.12. The molecule has 1 aliphatic rings. The first-order chi connectivity index (χ1) is 12.4. The Bertz CT molecular complexity index is 741. The van der Waals surface area contributed by atoms with Gasteiger partial charge in [0, 0.05) is 25.5 Å². The molecule has 0 aliphatic carbocycles. The largest absolute Gasteiger partial charge is 0.352 e. The van der Waals surface area contributed by atoms with Gasteiger partial charge in [0.2, 0.25) is 5.91 Å². The molecule has 1 amide bonds.